The van der Waals surface area contributed by atoms with Crippen molar-refractivity contribution in [3.05, 3.63) is 42.6 Å². The quantitative estimate of drug-likeness (QED) is 0.538. The van der Waals surface area contributed by atoms with Gasteiger partial charge in [0.05, 0.1) is 0 Å². The average Bonchev–Trinajstić information content (AvgIpc) is 2.15. The second-order valence-electron chi connectivity index (χ2n) is 2.30. The van der Waals surface area contributed by atoms with Gasteiger partial charge >= 0.3 is 5.97 Å². The fourth-order valence-corrected chi connectivity index (χ4v) is 0.653. The molecule has 4 nitrogen and oxygen atoms in total. The van der Waals surface area contributed by atoms with Crippen LogP contribution in [0.4, 0.5) is 0 Å². The summed E-state index contributed by atoms with van der Waals surface area (Å²) in [5.41, 5.74) is 2.00. The number of hydrogen-bond acceptors (Lipinski definition) is 3. The summed E-state index contributed by atoms with van der Waals surface area (Å²) in [6.45, 7) is 3.23. The number of carboxylic acids is 1. The molecule has 0 aliphatic rings. The summed E-state index contributed by atoms with van der Waals surface area (Å²) in [6, 6.07) is 8.78. The first-order valence-electron chi connectivity index (χ1n) is 3.60. The van der Waals surface area contributed by atoms with E-state index in [0.717, 1.165) is 0 Å². The van der Waals surface area contributed by atoms with E-state index in [-0.39, 0.29) is 5.70 Å². The third-order valence-electron chi connectivity index (χ3n) is 1.29. The van der Waals surface area contributed by atoms with Crippen molar-refractivity contribution in [3.8, 4) is 5.75 Å². The van der Waals surface area contributed by atoms with Gasteiger partial charge in [-0.2, -0.15) is 0 Å². The molecule has 1 aromatic rings. The van der Waals surface area contributed by atoms with Crippen LogP contribution in [0.25, 0.3) is 0 Å². The fraction of sp³-hybridized carbons (Fsp3) is 0. The Balaban J connectivity index is 2.44. The first-order chi connectivity index (χ1) is 6.20. The molecule has 0 fully saturated rings. The third kappa shape index (κ3) is 2.86. The van der Waals surface area contributed by atoms with Gasteiger partial charge in [0.2, 0.25) is 0 Å². The second-order valence-corrected chi connectivity index (χ2v) is 2.30. The minimum atomic E-state index is -1.14. The molecule has 13 heavy (non-hydrogen) atoms. The smallest absolute Gasteiger partial charge is 0.354 e. The normalized spacial score (nSPS) is 8.92. The van der Waals surface area contributed by atoms with Crippen LogP contribution in [0.2, 0.25) is 0 Å². The van der Waals surface area contributed by atoms with E-state index < -0.39 is 5.97 Å². The zero-order valence-electron chi connectivity index (χ0n) is 6.86. The van der Waals surface area contributed by atoms with Gasteiger partial charge in [0, 0.05) is 0 Å². The molecular weight excluding hydrogens is 170 g/mol. The van der Waals surface area contributed by atoms with Gasteiger partial charge in [0.1, 0.15) is 5.70 Å². The zero-order chi connectivity index (χ0) is 9.68. The van der Waals surface area contributed by atoms with Crippen molar-refractivity contribution in [3.63, 3.8) is 0 Å². The number of hydrogen-bond donors (Lipinski definition) is 2. The predicted molar refractivity (Wildman–Crippen MR) is 47.0 cm³/mol. The molecule has 0 aliphatic carbocycles. The van der Waals surface area contributed by atoms with E-state index in [1.54, 1.807) is 24.3 Å². The summed E-state index contributed by atoms with van der Waals surface area (Å²) in [5.74, 6) is -0.610. The third-order valence-corrected chi connectivity index (χ3v) is 1.29. The van der Waals surface area contributed by atoms with Crippen LogP contribution in [0.15, 0.2) is 42.6 Å². The van der Waals surface area contributed by atoms with Crippen LogP contribution in [0.3, 0.4) is 0 Å². The van der Waals surface area contributed by atoms with Crippen LogP contribution >= 0.6 is 0 Å². The Hall–Kier alpha value is -1.97. The molecule has 0 bridgehead atoms. The van der Waals surface area contributed by atoms with E-state index in [0.29, 0.717) is 5.75 Å². The number of aliphatic carboxylic acids is 1. The first kappa shape index (κ1) is 9.12. The van der Waals surface area contributed by atoms with Gasteiger partial charge in [-0.05, 0) is 12.1 Å². The average molecular weight is 179 g/mol. The van der Waals surface area contributed by atoms with Gasteiger partial charge in [0.25, 0.3) is 0 Å². The molecule has 0 spiro atoms. The lowest BCUT2D eigenvalue weighted by Gasteiger charge is -2.06. The lowest BCUT2D eigenvalue weighted by atomic mass is 10.3. The topological polar surface area (TPSA) is 58.6 Å². The van der Waals surface area contributed by atoms with Crippen molar-refractivity contribution < 1.29 is 14.7 Å². The minimum Gasteiger partial charge on any atom is -0.477 e. The first-order valence-corrected chi connectivity index (χ1v) is 3.60. The number of rotatable bonds is 4. The van der Waals surface area contributed by atoms with E-state index in [1.165, 1.54) is 0 Å². The van der Waals surface area contributed by atoms with Crippen molar-refractivity contribution in [2.75, 3.05) is 0 Å². The molecule has 68 valence electrons. The Morgan fingerprint density at radius 1 is 1.38 bits per heavy atom. The summed E-state index contributed by atoms with van der Waals surface area (Å²) in [7, 11) is 0. The number of para-hydroxylation sites is 1. The number of benzene rings is 1. The molecule has 4 heteroatoms. The van der Waals surface area contributed by atoms with Crippen LogP contribution in [0.1, 0.15) is 0 Å². The summed E-state index contributed by atoms with van der Waals surface area (Å²) < 4.78 is 0. The highest BCUT2D eigenvalue weighted by molar-refractivity contribution is 5.84. The highest BCUT2D eigenvalue weighted by atomic mass is 16.6. The Morgan fingerprint density at radius 2 is 2.00 bits per heavy atom. The van der Waals surface area contributed by atoms with E-state index >= 15 is 0 Å². The largest absolute Gasteiger partial charge is 0.477 e. The molecule has 1 aromatic carbocycles. The summed E-state index contributed by atoms with van der Waals surface area (Å²) >= 11 is 0. The van der Waals surface area contributed by atoms with E-state index in [1.807, 2.05) is 6.07 Å². The van der Waals surface area contributed by atoms with Gasteiger partial charge in [-0.15, -0.1) is 0 Å². The number of nitrogens with one attached hydrogen (secondary N) is 1. The Labute approximate surface area is 75.4 Å². The van der Waals surface area contributed by atoms with E-state index in [4.69, 9.17) is 9.94 Å². The van der Waals surface area contributed by atoms with Crippen molar-refractivity contribution in [2.45, 2.75) is 0 Å². The van der Waals surface area contributed by atoms with Crippen molar-refractivity contribution in [1.29, 1.82) is 0 Å². The maximum Gasteiger partial charge on any atom is 0.354 e. The van der Waals surface area contributed by atoms with Crippen LogP contribution in [-0.2, 0) is 4.79 Å². The number of hydroxylamine groups is 1. The Kier molecular flexibility index (Phi) is 2.92. The van der Waals surface area contributed by atoms with E-state index in [9.17, 15) is 4.79 Å². The van der Waals surface area contributed by atoms with Crippen LogP contribution in [-0.4, -0.2) is 11.1 Å². The lowest BCUT2D eigenvalue weighted by Crippen LogP contribution is -2.22. The molecule has 0 aromatic heterocycles. The molecule has 0 heterocycles. The SMILES string of the molecule is C=C(NOc1ccccc1)C(=O)O. The maximum atomic E-state index is 10.3. The van der Waals surface area contributed by atoms with Gasteiger partial charge in [-0.25, -0.2) is 10.3 Å². The van der Waals surface area contributed by atoms with Gasteiger partial charge in [0.15, 0.2) is 5.75 Å². The summed E-state index contributed by atoms with van der Waals surface area (Å²) in [5, 5.41) is 8.42. The molecule has 0 atom stereocenters. The molecule has 0 aliphatic heterocycles. The van der Waals surface area contributed by atoms with Gasteiger partial charge < -0.3 is 9.94 Å². The predicted octanol–water partition coefficient (Wildman–Crippen LogP) is 1.17. The molecule has 2 N–H and O–H groups in total. The second kappa shape index (κ2) is 4.15. The number of carboxylic acid groups (broad SMARTS) is 1. The Morgan fingerprint density at radius 3 is 2.54 bits per heavy atom. The molecule has 0 saturated heterocycles. The number of carbonyl (C=O) groups is 1. The molecule has 0 amide bonds. The monoisotopic (exact) mass is 179 g/mol. The lowest BCUT2D eigenvalue weighted by molar-refractivity contribution is -0.133. The van der Waals surface area contributed by atoms with Crippen LogP contribution < -0.4 is 10.3 Å². The molecule has 0 radical (unpaired) electrons. The molecule has 0 saturated carbocycles. The fourth-order valence-electron chi connectivity index (χ4n) is 0.653. The molecule has 0 unspecified atom stereocenters. The summed E-state index contributed by atoms with van der Waals surface area (Å²) in [4.78, 5) is 15.2. The molecule has 1 rings (SSSR count). The van der Waals surface area contributed by atoms with Crippen LogP contribution in [0.5, 0.6) is 5.75 Å². The standard InChI is InChI=1S/C9H9NO3/c1-7(9(11)12)10-13-8-5-3-2-4-6-8/h2-6,10H,1H2,(H,11,12). The zero-order valence-corrected chi connectivity index (χ0v) is 6.86. The Bertz CT molecular complexity index is 308. The van der Waals surface area contributed by atoms with Crippen molar-refractivity contribution in [2.24, 2.45) is 0 Å². The van der Waals surface area contributed by atoms with Gasteiger partial charge in [-0.1, -0.05) is 24.8 Å². The maximum absolute atomic E-state index is 10.3. The highest BCUT2D eigenvalue weighted by Crippen LogP contribution is 2.06. The van der Waals surface area contributed by atoms with Crippen molar-refractivity contribution >= 4 is 5.97 Å². The van der Waals surface area contributed by atoms with Crippen LogP contribution in [0, 0.1) is 0 Å². The van der Waals surface area contributed by atoms with Crippen molar-refractivity contribution in [1.82, 2.24) is 5.48 Å². The van der Waals surface area contributed by atoms with Gasteiger partial charge in [-0.3, -0.25) is 0 Å². The summed E-state index contributed by atoms with van der Waals surface area (Å²) in [6.07, 6.45) is 0. The van der Waals surface area contributed by atoms with E-state index in [2.05, 4.69) is 12.1 Å². The minimum absolute atomic E-state index is 0.205. The highest BCUT2D eigenvalue weighted by Gasteiger charge is 2.02. The molecular formula is C9H9NO3.